The molecule has 0 spiro atoms. The minimum atomic E-state index is -3.40. The molecule has 0 fully saturated rings. The van der Waals surface area contributed by atoms with Gasteiger partial charge < -0.3 is 10.2 Å². The number of aryl methyl sites for hydroxylation is 1. The summed E-state index contributed by atoms with van der Waals surface area (Å²) in [6.07, 6.45) is 2.10. The lowest BCUT2D eigenvalue weighted by molar-refractivity contribution is 0.594. The van der Waals surface area contributed by atoms with Crippen molar-refractivity contribution >= 4 is 15.7 Å². The van der Waals surface area contributed by atoms with E-state index in [1.807, 2.05) is 7.05 Å². The molecule has 20 heavy (non-hydrogen) atoms. The molecule has 1 aliphatic rings. The molecule has 0 radical (unpaired) electrons. The number of anilines is 1. The van der Waals surface area contributed by atoms with Gasteiger partial charge in [0.15, 0.2) is 0 Å². The van der Waals surface area contributed by atoms with Crippen molar-refractivity contribution in [2.45, 2.75) is 25.8 Å². The third-order valence-corrected chi connectivity index (χ3v) is 4.65. The third-order valence-electron chi connectivity index (χ3n) is 3.90. The fraction of sp³-hybridized carbons (Fsp3) is 0.571. The van der Waals surface area contributed by atoms with Crippen LogP contribution in [0.2, 0.25) is 0 Å². The lowest BCUT2D eigenvalue weighted by atomic mass is 9.97. The average molecular weight is 297 g/mol. The van der Waals surface area contributed by atoms with Gasteiger partial charge in [0, 0.05) is 24.8 Å². The minimum Gasteiger partial charge on any atom is -0.370 e. The van der Waals surface area contributed by atoms with Crippen LogP contribution in [0.4, 0.5) is 5.69 Å². The second-order valence-corrected chi connectivity index (χ2v) is 7.09. The van der Waals surface area contributed by atoms with Gasteiger partial charge in [0.05, 0.1) is 5.75 Å². The summed E-state index contributed by atoms with van der Waals surface area (Å²) in [6, 6.07) is 6.75. The number of nitrogens with two attached hydrogens (primary N) is 1. The van der Waals surface area contributed by atoms with Crippen molar-refractivity contribution in [1.82, 2.24) is 5.32 Å². The molecule has 0 saturated carbocycles. The minimum absolute atomic E-state index is 0.00110. The number of nitrogens with zero attached hydrogens (tertiary/aromatic N) is 1. The molecule has 0 aromatic heterocycles. The van der Waals surface area contributed by atoms with Crippen molar-refractivity contribution < 1.29 is 8.42 Å². The fourth-order valence-electron chi connectivity index (χ4n) is 2.60. The normalized spacial score (nSPS) is 16.9. The summed E-state index contributed by atoms with van der Waals surface area (Å²) in [6.45, 7) is 3.49. The zero-order chi connectivity index (χ0) is 14.8. The summed E-state index contributed by atoms with van der Waals surface area (Å²) < 4.78 is 22.2. The van der Waals surface area contributed by atoms with Crippen molar-refractivity contribution in [1.29, 1.82) is 0 Å². The van der Waals surface area contributed by atoms with Gasteiger partial charge in [-0.25, -0.2) is 13.6 Å². The number of primary sulfonamides is 1. The van der Waals surface area contributed by atoms with E-state index in [1.54, 1.807) is 0 Å². The smallest absolute Gasteiger partial charge is 0.210 e. The van der Waals surface area contributed by atoms with E-state index < -0.39 is 10.0 Å². The largest absolute Gasteiger partial charge is 0.370 e. The molecule has 2 rings (SSSR count). The van der Waals surface area contributed by atoms with Crippen LogP contribution in [0.25, 0.3) is 0 Å². The number of nitrogens with one attached hydrogen (secondary N) is 1. The predicted octanol–water partition coefficient (Wildman–Crippen LogP) is 1.01. The van der Waals surface area contributed by atoms with E-state index in [0.29, 0.717) is 12.6 Å². The molecule has 1 unspecified atom stereocenters. The zero-order valence-corrected chi connectivity index (χ0v) is 12.9. The van der Waals surface area contributed by atoms with Gasteiger partial charge in [0.2, 0.25) is 10.0 Å². The third kappa shape index (κ3) is 3.71. The molecule has 5 nitrogen and oxygen atoms in total. The highest BCUT2D eigenvalue weighted by atomic mass is 32.2. The molecule has 0 saturated heterocycles. The Morgan fingerprint density at radius 1 is 1.45 bits per heavy atom. The van der Waals surface area contributed by atoms with Crippen LogP contribution < -0.4 is 15.4 Å². The average Bonchev–Trinajstić information content (AvgIpc) is 2.42. The highest BCUT2D eigenvalue weighted by Crippen LogP contribution is 2.29. The van der Waals surface area contributed by atoms with Crippen LogP contribution in [0.1, 0.15) is 30.5 Å². The molecule has 112 valence electrons. The lowest BCUT2D eigenvalue weighted by Crippen LogP contribution is -2.35. The first-order valence-electron chi connectivity index (χ1n) is 6.96. The van der Waals surface area contributed by atoms with Gasteiger partial charge in [-0.15, -0.1) is 0 Å². The van der Waals surface area contributed by atoms with Gasteiger partial charge in [-0.05, 0) is 44.0 Å². The van der Waals surface area contributed by atoms with Gasteiger partial charge in [-0.1, -0.05) is 12.1 Å². The monoisotopic (exact) mass is 297 g/mol. The fourth-order valence-corrected chi connectivity index (χ4v) is 3.08. The summed E-state index contributed by atoms with van der Waals surface area (Å²) in [5.41, 5.74) is 3.71. The van der Waals surface area contributed by atoms with E-state index >= 15 is 0 Å². The molecular weight excluding hydrogens is 274 g/mol. The Labute approximate surface area is 121 Å². The van der Waals surface area contributed by atoms with E-state index in [4.69, 9.17) is 5.14 Å². The van der Waals surface area contributed by atoms with Crippen molar-refractivity contribution in [2.75, 3.05) is 30.8 Å². The molecule has 1 atom stereocenters. The Morgan fingerprint density at radius 2 is 2.20 bits per heavy atom. The van der Waals surface area contributed by atoms with E-state index in [-0.39, 0.29) is 5.75 Å². The number of benzene rings is 1. The first kappa shape index (κ1) is 15.3. The molecule has 0 amide bonds. The molecular formula is C14H23N3O2S. The van der Waals surface area contributed by atoms with Crippen LogP contribution in [0.15, 0.2) is 18.2 Å². The van der Waals surface area contributed by atoms with Crippen LogP contribution >= 0.6 is 0 Å². The lowest BCUT2D eigenvalue weighted by Gasteiger charge is -2.31. The van der Waals surface area contributed by atoms with E-state index in [9.17, 15) is 8.42 Å². The number of hydrogen-bond donors (Lipinski definition) is 2. The van der Waals surface area contributed by atoms with Crippen LogP contribution in [0.5, 0.6) is 0 Å². The van der Waals surface area contributed by atoms with Crippen molar-refractivity contribution in [3.8, 4) is 0 Å². The zero-order valence-electron chi connectivity index (χ0n) is 12.1. The van der Waals surface area contributed by atoms with Gasteiger partial charge in [-0.3, -0.25) is 0 Å². The SMILES string of the molecule is CNC(C)c1ccc2c(c1)CCCN2CCS(N)(=O)=O. The standard InChI is InChI=1S/C14H23N3O2S/c1-11(16-2)12-5-6-14-13(10-12)4-3-7-17(14)8-9-20(15,18)19/h5-6,10-11,16H,3-4,7-9H2,1-2H3,(H2,15,18,19). The molecule has 1 aliphatic heterocycles. The molecule has 0 bridgehead atoms. The summed E-state index contributed by atoms with van der Waals surface area (Å²) in [5, 5.41) is 8.33. The first-order chi connectivity index (χ1) is 9.40. The molecule has 3 N–H and O–H groups in total. The number of hydrogen-bond acceptors (Lipinski definition) is 4. The molecule has 1 aromatic carbocycles. The highest BCUT2D eigenvalue weighted by Gasteiger charge is 2.19. The Hall–Kier alpha value is -1.11. The maximum Gasteiger partial charge on any atom is 0.210 e. The molecule has 0 aliphatic carbocycles. The van der Waals surface area contributed by atoms with Gasteiger partial charge >= 0.3 is 0 Å². The maximum atomic E-state index is 11.1. The predicted molar refractivity (Wildman–Crippen MR) is 82.4 cm³/mol. The van der Waals surface area contributed by atoms with Crippen LogP contribution in [-0.4, -0.2) is 34.3 Å². The quantitative estimate of drug-likeness (QED) is 0.850. The van der Waals surface area contributed by atoms with E-state index in [1.165, 1.54) is 11.1 Å². The van der Waals surface area contributed by atoms with E-state index in [2.05, 4.69) is 35.3 Å². The van der Waals surface area contributed by atoms with Gasteiger partial charge in [0.25, 0.3) is 0 Å². The summed E-state index contributed by atoms with van der Waals surface area (Å²) >= 11 is 0. The van der Waals surface area contributed by atoms with Crippen molar-refractivity contribution in [3.05, 3.63) is 29.3 Å². The molecule has 6 heteroatoms. The Kier molecular flexibility index (Phi) is 4.67. The van der Waals surface area contributed by atoms with Crippen molar-refractivity contribution in [2.24, 2.45) is 5.14 Å². The van der Waals surface area contributed by atoms with Gasteiger partial charge in [-0.2, -0.15) is 0 Å². The maximum absolute atomic E-state index is 11.1. The topological polar surface area (TPSA) is 75.4 Å². The molecule has 1 heterocycles. The number of rotatable bonds is 5. The van der Waals surface area contributed by atoms with Crippen LogP contribution in [0.3, 0.4) is 0 Å². The number of sulfonamides is 1. The second-order valence-electron chi connectivity index (χ2n) is 5.36. The first-order valence-corrected chi connectivity index (χ1v) is 8.68. The Morgan fingerprint density at radius 3 is 2.85 bits per heavy atom. The van der Waals surface area contributed by atoms with E-state index in [0.717, 1.165) is 25.1 Å². The summed E-state index contributed by atoms with van der Waals surface area (Å²) in [5.74, 6) is 0.00110. The van der Waals surface area contributed by atoms with Crippen molar-refractivity contribution in [3.63, 3.8) is 0 Å². The van der Waals surface area contributed by atoms with Crippen LogP contribution in [-0.2, 0) is 16.4 Å². The second kappa shape index (κ2) is 6.11. The summed E-state index contributed by atoms with van der Waals surface area (Å²) in [7, 11) is -1.46. The number of fused-ring (bicyclic) bond motifs is 1. The summed E-state index contributed by atoms with van der Waals surface area (Å²) in [4.78, 5) is 2.12. The molecule has 1 aromatic rings. The highest BCUT2D eigenvalue weighted by molar-refractivity contribution is 7.89. The Balaban J connectivity index is 2.19. The van der Waals surface area contributed by atoms with Gasteiger partial charge in [0.1, 0.15) is 0 Å². The Bertz CT molecular complexity index is 572. The van der Waals surface area contributed by atoms with Crippen LogP contribution in [0, 0.1) is 0 Å².